The summed E-state index contributed by atoms with van der Waals surface area (Å²) in [6.45, 7) is 6.51. The van der Waals surface area contributed by atoms with E-state index in [-0.39, 0.29) is 31.0 Å². The highest BCUT2D eigenvalue weighted by Gasteiger charge is 2.25. The summed E-state index contributed by atoms with van der Waals surface area (Å²) in [6, 6.07) is 8.89. The summed E-state index contributed by atoms with van der Waals surface area (Å²) in [6.07, 6.45) is 1.47. The molecule has 1 aliphatic heterocycles. The van der Waals surface area contributed by atoms with Crippen LogP contribution in [0.4, 0.5) is 0 Å². The van der Waals surface area contributed by atoms with E-state index in [4.69, 9.17) is 18.6 Å². The SMILES string of the molecule is CCOC(=O)c1c(C)[nH]c(CN(Cc2ccc3c(c2)OCO3)C(=O)c2ccco2)c1C. The van der Waals surface area contributed by atoms with Crippen molar-refractivity contribution >= 4 is 11.9 Å². The third-order valence-electron chi connectivity index (χ3n) is 5.20. The lowest BCUT2D eigenvalue weighted by atomic mass is 10.1. The van der Waals surface area contributed by atoms with Gasteiger partial charge in [0.25, 0.3) is 5.91 Å². The fourth-order valence-electron chi connectivity index (χ4n) is 3.69. The lowest BCUT2D eigenvalue weighted by molar-refractivity contribution is 0.0524. The Morgan fingerprint density at radius 3 is 2.68 bits per heavy atom. The van der Waals surface area contributed by atoms with Crippen LogP contribution in [0, 0.1) is 13.8 Å². The number of furan rings is 1. The molecule has 3 aromatic rings. The van der Waals surface area contributed by atoms with Crippen molar-refractivity contribution in [2.75, 3.05) is 13.4 Å². The molecule has 0 saturated heterocycles. The average Bonchev–Trinajstić information content (AvgIpc) is 3.48. The molecule has 1 amide bonds. The molecule has 8 nitrogen and oxygen atoms in total. The molecule has 1 N–H and O–H groups in total. The molecule has 0 aliphatic carbocycles. The Morgan fingerprint density at radius 1 is 1.13 bits per heavy atom. The summed E-state index contributed by atoms with van der Waals surface area (Å²) in [5, 5.41) is 0. The third-order valence-corrected chi connectivity index (χ3v) is 5.20. The van der Waals surface area contributed by atoms with Crippen molar-refractivity contribution < 1.29 is 28.2 Å². The van der Waals surface area contributed by atoms with E-state index >= 15 is 0 Å². The molecule has 31 heavy (non-hydrogen) atoms. The van der Waals surface area contributed by atoms with Gasteiger partial charge >= 0.3 is 5.97 Å². The molecule has 0 radical (unpaired) electrons. The number of hydrogen-bond donors (Lipinski definition) is 1. The predicted octanol–water partition coefficient (Wildman–Crippen LogP) is 3.97. The van der Waals surface area contributed by atoms with Gasteiger partial charge in [-0.25, -0.2) is 4.79 Å². The first-order valence-electron chi connectivity index (χ1n) is 10.0. The highest BCUT2D eigenvalue weighted by Crippen LogP contribution is 2.33. The maximum atomic E-state index is 13.2. The zero-order valence-corrected chi connectivity index (χ0v) is 17.7. The topological polar surface area (TPSA) is 94.0 Å². The molecular weight excluding hydrogens is 400 g/mol. The molecule has 0 fully saturated rings. The Balaban J connectivity index is 1.63. The number of H-pyrrole nitrogens is 1. The standard InChI is InChI=1S/C23H24N2O6/c1-4-28-23(27)21-14(2)17(24-15(21)3)12-25(22(26)19-6-5-9-29-19)11-16-7-8-18-20(10-16)31-13-30-18/h5-10,24H,4,11-13H2,1-3H3. The number of esters is 1. The summed E-state index contributed by atoms with van der Waals surface area (Å²) in [7, 11) is 0. The first-order valence-corrected chi connectivity index (χ1v) is 10.0. The monoisotopic (exact) mass is 424 g/mol. The Labute approximate surface area is 179 Å². The van der Waals surface area contributed by atoms with Crippen molar-refractivity contribution in [1.29, 1.82) is 0 Å². The number of nitrogens with zero attached hydrogens (tertiary/aromatic N) is 1. The first-order chi connectivity index (χ1) is 15.0. The second-order valence-corrected chi connectivity index (χ2v) is 7.28. The van der Waals surface area contributed by atoms with Crippen molar-refractivity contribution in [3.63, 3.8) is 0 Å². The van der Waals surface area contributed by atoms with Crippen LogP contribution in [0.25, 0.3) is 0 Å². The van der Waals surface area contributed by atoms with Crippen molar-refractivity contribution in [2.24, 2.45) is 0 Å². The predicted molar refractivity (Wildman–Crippen MR) is 111 cm³/mol. The summed E-state index contributed by atoms with van der Waals surface area (Å²) >= 11 is 0. The normalized spacial score (nSPS) is 12.1. The van der Waals surface area contributed by atoms with E-state index < -0.39 is 0 Å². The first kappa shape index (κ1) is 20.6. The molecule has 3 heterocycles. The molecule has 0 atom stereocenters. The fraction of sp³-hybridized carbons (Fsp3) is 0.304. The summed E-state index contributed by atoms with van der Waals surface area (Å²) in [5.41, 5.74) is 3.63. The molecule has 1 aromatic carbocycles. The Bertz CT molecular complexity index is 1100. The largest absolute Gasteiger partial charge is 0.462 e. The molecule has 162 valence electrons. The van der Waals surface area contributed by atoms with Crippen LogP contribution < -0.4 is 9.47 Å². The van der Waals surface area contributed by atoms with Crippen LogP contribution >= 0.6 is 0 Å². The Kier molecular flexibility index (Phi) is 5.70. The zero-order valence-electron chi connectivity index (χ0n) is 17.7. The van der Waals surface area contributed by atoms with Gasteiger partial charge in [0.1, 0.15) is 0 Å². The average molecular weight is 424 g/mol. The minimum Gasteiger partial charge on any atom is -0.462 e. The van der Waals surface area contributed by atoms with E-state index in [1.54, 1.807) is 24.0 Å². The maximum Gasteiger partial charge on any atom is 0.340 e. The number of aromatic nitrogens is 1. The summed E-state index contributed by atoms with van der Waals surface area (Å²) in [4.78, 5) is 30.4. The van der Waals surface area contributed by atoms with E-state index in [1.807, 2.05) is 32.0 Å². The second kappa shape index (κ2) is 8.59. The van der Waals surface area contributed by atoms with Gasteiger partial charge in [0.05, 0.1) is 25.0 Å². The van der Waals surface area contributed by atoms with Gasteiger partial charge in [-0.05, 0) is 56.2 Å². The number of aryl methyl sites for hydroxylation is 1. The molecule has 0 unspecified atom stereocenters. The number of rotatable bonds is 7. The number of carbonyl (C=O) groups is 2. The molecule has 2 aromatic heterocycles. The van der Waals surface area contributed by atoms with Crippen LogP contribution in [0.2, 0.25) is 0 Å². The van der Waals surface area contributed by atoms with Crippen LogP contribution in [0.15, 0.2) is 41.0 Å². The van der Waals surface area contributed by atoms with E-state index in [0.29, 0.717) is 35.9 Å². The molecule has 4 rings (SSSR count). The number of fused-ring (bicyclic) bond motifs is 1. The van der Waals surface area contributed by atoms with Crippen LogP contribution in [0.3, 0.4) is 0 Å². The molecule has 8 heteroatoms. The van der Waals surface area contributed by atoms with Crippen LogP contribution in [0.5, 0.6) is 11.5 Å². The number of amides is 1. The molecular formula is C23H24N2O6. The molecule has 0 bridgehead atoms. The second-order valence-electron chi connectivity index (χ2n) is 7.28. The number of aromatic amines is 1. The quantitative estimate of drug-likeness (QED) is 0.577. The van der Waals surface area contributed by atoms with Crippen LogP contribution in [-0.4, -0.2) is 35.2 Å². The third kappa shape index (κ3) is 4.14. The van der Waals surface area contributed by atoms with Crippen LogP contribution in [-0.2, 0) is 17.8 Å². The molecule has 0 saturated carbocycles. The highest BCUT2D eigenvalue weighted by atomic mass is 16.7. The van der Waals surface area contributed by atoms with Gasteiger partial charge in [-0.15, -0.1) is 0 Å². The Morgan fingerprint density at radius 2 is 1.94 bits per heavy atom. The number of carbonyl (C=O) groups excluding carboxylic acids is 2. The van der Waals surface area contributed by atoms with Crippen molar-refractivity contribution in [3.05, 3.63) is 70.4 Å². The number of hydrogen-bond acceptors (Lipinski definition) is 6. The molecule has 1 aliphatic rings. The van der Waals surface area contributed by atoms with E-state index in [2.05, 4.69) is 4.98 Å². The van der Waals surface area contributed by atoms with Crippen molar-refractivity contribution in [1.82, 2.24) is 9.88 Å². The van der Waals surface area contributed by atoms with E-state index in [9.17, 15) is 9.59 Å². The number of ether oxygens (including phenoxy) is 3. The van der Waals surface area contributed by atoms with Gasteiger partial charge in [-0.3, -0.25) is 4.79 Å². The molecule has 0 spiro atoms. The van der Waals surface area contributed by atoms with E-state index in [1.165, 1.54) is 6.26 Å². The minimum atomic E-state index is -0.375. The van der Waals surface area contributed by atoms with Gasteiger partial charge in [-0.2, -0.15) is 0 Å². The lowest BCUT2D eigenvalue weighted by Crippen LogP contribution is -2.30. The number of nitrogens with one attached hydrogen (secondary N) is 1. The summed E-state index contributed by atoms with van der Waals surface area (Å²) in [5.74, 6) is 0.945. The van der Waals surface area contributed by atoms with Gasteiger partial charge in [0.2, 0.25) is 6.79 Å². The van der Waals surface area contributed by atoms with Crippen molar-refractivity contribution in [2.45, 2.75) is 33.9 Å². The van der Waals surface area contributed by atoms with Gasteiger partial charge in [0, 0.05) is 17.9 Å². The van der Waals surface area contributed by atoms with Crippen LogP contribution in [0.1, 0.15) is 50.4 Å². The van der Waals surface area contributed by atoms with Gasteiger partial charge in [0.15, 0.2) is 17.3 Å². The lowest BCUT2D eigenvalue weighted by Gasteiger charge is -2.22. The maximum absolute atomic E-state index is 13.2. The summed E-state index contributed by atoms with van der Waals surface area (Å²) < 4.78 is 21.3. The van der Waals surface area contributed by atoms with Gasteiger partial charge < -0.3 is 28.5 Å². The fourth-order valence-corrected chi connectivity index (χ4v) is 3.69. The van der Waals surface area contributed by atoms with E-state index in [0.717, 1.165) is 16.8 Å². The highest BCUT2D eigenvalue weighted by molar-refractivity contribution is 5.93. The zero-order chi connectivity index (χ0) is 22.0. The smallest absolute Gasteiger partial charge is 0.340 e. The minimum absolute atomic E-state index is 0.186. The number of benzene rings is 1. The van der Waals surface area contributed by atoms with Crippen molar-refractivity contribution in [3.8, 4) is 11.5 Å². The Hall–Kier alpha value is -3.68. The van der Waals surface area contributed by atoms with Gasteiger partial charge in [-0.1, -0.05) is 6.07 Å².